The fourth-order valence-electron chi connectivity index (χ4n) is 6.10. The smallest absolute Gasteiger partial charge is 0.123 e. The van der Waals surface area contributed by atoms with Crippen LogP contribution < -0.4 is 10.1 Å². The van der Waals surface area contributed by atoms with Gasteiger partial charge in [-0.2, -0.15) is 0 Å². The summed E-state index contributed by atoms with van der Waals surface area (Å²) >= 11 is 0. The third kappa shape index (κ3) is 4.45. The van der Waals surface area contributed by atoms with Gasteiger partial charge in [0.25, 0.3) is 0 Å². The lowest BCUT2D eigenvalue weighted by Crippen LogP contribution is -2.64. The molecule has 2 unspecified atom stereocenters. The van der Waals surface area contributed by atoms with E-state index in [1.165, 1.54) is 53.7 Å². The number of benzene rings is 3. The van der Waals surface area contributed by atoms with Gasteiger partial charge in [0.2, 0.25) is 0 Å². The van der Waals surface area contributed by atoms with Gasteiger partial charge in [-0.25, -0.2) is 0 Å². The first-order valence-electron chi connectivity index (χ1n) is 12.4. The van der Waals surface area contributed by atoms with Crippen LogP contribution in [0.2, 0.25) is 0 Å². The van der Waals surface area contributed by atoms with Crippen LogP contribution in [0.15, 0.2) is 72.8 Å². The summed E-state index contributed by atoms with van der Waals surface area (Å²) in [5.41, 5.74) is 6.69. The van der Waals surface area contributed by atoms with E-state index in [4.69, 9.17) is 4.74 Å². The number of piperidine rings is 3. The highest BCUT2D eigenvalue weighted by Crippen LogP contribution is 2.42. The van der Waals surface area contributed by atoms with Crippen LogP contribution in [0.5, 0.6) is 5.75 Å². The van der Waals surface area contributed by atoms with Crippen molar-refractivity contribution in [1.29, 1.82) is 0 Å². The molecule has 3 heteroatoms. The number of ether oxygens (including phenoxy) is 1. The molecule has 33 heavy (non-hydrogen) atoms. The minimum Gasteiger partial charge on any atom is -0.496 e. The third-order valence-electron chi connectivity index (χ3n) is 7.96. The average molecular weight is 441 g/mol. The Labute approximate surface area is 198 Å². The maximum atomic E-state index is 5.75. The van der Waals surface area contributed by atoms with Gasteiger partial charge in [0.1, 0.15) is 5.75 Å². The molecule has 172 valence electrons. The highest BCUT2D eigenvalue weighted by atomic mass is 16.5. The molecule has 3 nitrogen and oxygen atoms in total. The number of rotatable bonds is 7. The fourth-order valence-corrected chi connectivity index (χ4v) is 6.10. The monoisotopic (exact) mass is 440 g/mol. The molecule has 0 saturated carbocycles. The predicted octanol–water partition coefficient (Wildman–Crippen LogP) is 5.70. The Bertz CT molecular complexity index is 1020. The molecule has 2 atom stereocenters. The lowest BCUT2D eigenvalue weighted by molar-refractivity contribution is 0.00462. The van der Waals surface area contributed by atoms with Crippen LogP contribution in [0.1, 0.15) is 46.6 Å². The zero-order chi connectivity index (χ0) is 22.8. The lowest BCUT2D eigenvalue weighted by Gasteiger charge is -2.54. The molecule has 3 aromatic carbocycles. The van der Waals surface area contributed by atoms with Crippen molar-refractivity contribution in [2.45, 2.75) is 51.2 Å². The van der Waals surface area contributed by atoms with Crippen LogP contribution in [0.3, 0.4) is 0 Å². The summed E-state index contributed by atoms with van der Waals surface area (Å²) in [5, 5.41) is 4.04. The van der Waals surface area contributed by atoms with Gasteiger partial charge in [-0.15, -0.1) is 0 Å². The van der Waals surface area contributed by atoms with Crippen LogP contribution in [-0.4, -0.2) is 37.2 Å². The lowest BCUT2D eigenvalue weighted by atomic mass is 9.70. The molecule has 2 bridgehead atoms. The summed E-state index contributed by atoms with van der Waals surface area (Å²) in [5.74, 6) is 2.06. The van der Waals surface area contributed by atoms with E-state index in [-0.39, 0.29) is 0 Å². The highest BCUT2D eigenvalue weighted by Gasteiger charge is 2.46. The Morgan fingerprint density at radius 1 is 0.879 bits per heavy atom. The Morgan fingerprint density at radius 2 is 1.45 bits per heavy atom. The van der Waals surface area contributed by atoms with Crippen molar-refractivity contribution in [3.63, 3.8) is 0 Å². The summed E-state index contributed by atoms with van der Waals surface area (Å²) in [4.78, 5) is 2.75. The van der Waals surface area contributed by atoms with Crippen LogP contribution in [0, 0.1) is 19.8 Å². The molecule has 3 fully saturated rings. The minimum absolute atomic E-state index is 0.356. The summed E-state index contributed by atoms with van der Waals surface area (Å²) in [6, 6.07) is 27.6. The number of methoxy groups -OCH3 is 1. The summed E-state index contributed by atoms with van der Waals surface area (Å²) < 4.78 is 5.75. The predicted molar refractivity (Wildman–Crippen MR) is 136 cm³/mol. The number of hydrogen-bond donors (Lipinski definition) is 1. The molecular formula is C30H36N2O. The molecule has 0 radical (unpaired) electrons. The number of aryl methyl sites for hydroxylation is 2. The maximum absolute atomic E-state index is 5.75. The molecule has 6 rings (SSSR count). The van der Waals surface area contributed by atoms with Gasteiger partial charge in [-0.1, -0.05) is 66.7 Å². The normalized spacial score (nSPS) is 24.2. The van der Waals surface area contributed by atoms with Gasteiger partial charge in [0.15, 0.2) is 0 Å². The van der Waals surface area contributed by atoms with E-state index in [0.29, 0.717) is 23.9 Å². The quantitative estimate of drug-likeness (QED) is 0.510. The second-order valence-electron chi connectivity index (χ2n) is 9.82. The van der Waals surface area contributed by atoms with E-state index < -0.39 is 0 Å². The van der Waals surface area contributed by atoms with Crippen molar-refractivity contribution < 1.29 is 4.74 Å². The van der Waals surface area contributed by atoms with Crippen molar-refractivity contribution in [2.24, 2.45) is 5.92 Å². The minimum atomic E-state index is 0.356. The molecule has 0 aromatic heterocycles. The second-order valence-corrected chi connectivity index (χ2v) is 9.82. The summed E-state index contributed by atoms with van der Waals surface area (Å²) in [6.45, 7) is 7.60. The standard InChI is InChI=1S/C30H36N2O/c1-21-18-26(27(33-3)19-22(21)2)20-31-29-25-14-16-32(17-15-25)30(29)28(23-10-6-4-7-11-23)24-12-8-5-9-13-24/h4-13,18-19,25,28-31H,14-17,20H2,1-3H3. The first-order valence-corrected chi connectivity index (χ1v) is 12.4. The molecule has 3 saturated heterocycles. The molecule has 3 aliphatic rings. The Morgan fingerprint density at radius 3 is 2.03 bits per heavy atom. The summed E-state index contributed by atoms with van der Waals surface area (Å²) in [6.07, 6.45) is 2.57. The van der Waals surface area contributed by atoms with Crippen LogP contribution >= 0.6 is 0 Å². The first-order chi connectivity index (χ1) is 16.2. The first kappa shape index (κ1) is 22.2. The number of nitrogens with zero attached hydrogens (tertiary/aromatic N) is 1. The van der Waals surface area contributed by atoms with Crippen molar-refractivity contribution in [1.82, 2.24) is 10.2 Å². The summed E-state index contributed by atoms with van der Waals surface area (Å²) in [7, 11) is 1.78. The molecule has 1 N–H and O–H groups in total. The Hall–Kier alpha value is -2.62. The van der Waals surface area contributed by atoms with E-state index in [1.807, 2.05) is 0 Å². The highest BCUT2D eigenvalue weighted by molar-refractivity contribution is 5.42. The molecule has 3 aromatic rings. The van der Waals surface area contributed by atoms with E-state index in [9.17, 15) is 0 Å². The molecule has 3 aliphatic heterocycles. The van der Waals surface area contributed by atoms with Crippen molar-refractivity contribution in [3.8, 4) is 5.75 Å². The van der Waals surface area contributed by atoms with Crippen LogP contribution in [0.25, 0.3) is 0 Å². The molecule has 0 aliphatic carbocycles. The van der Waals surface area contributed by atoms with E-state index in [2.05, 4.69) is 96.9 Å². The fraction of sp³-hybridized carbons (Fsp3) is 0.400. The maximum Gasteiger partial charge on any atom is 0.123 e. The number of hydrogen-bond acceptors (Lipinski definition) is 3. The third-order valence-corrected chi connectivity index (χ3v) is 7.96. The van der Waals surface area contributed by atoms with E-state index >= 15 is 0 Å². The van der Waals surface area contributed by atoms with E-state index in [1.54, 1.807) is 7.11 Å². The van der Waals surface area contributed by atoms with Crippen molar-refractivity contribution >= 4 is 0 Å². The van der Waals surface area contributed by atoms with Gasteiger partial charge >= 0.3 is 0 Å². The second kappa shape index (κ2) is 9.70. The van der Waals surface area contributed by atoms with Gasteiger partial charge in [0.05, 0.1) is 7.11 Å². The van der Waals surface area contributed by atoms with Gasteiger partial charge in [-0.05, 0) is 74.0 Å². The van der Waals surface area contributed by atoms with Crippen molar-refractivity contribution in [3.05, 3.63) is 101 Å². The molecule has 3 heterocycles. The van der Waals surface area contributed by atoms with Crippen molar-refractivity contribution in [2.75, 3.05) is 20.2 Å². The zero-order valence-corrected chi connectivity index (χ0v) is 20.1. The molecule has 0 spiro atoms. The molecule has 0 amide bonds. The van der Waals surface area contributed by atoms with E-state index in [0.717, 1.165) is 12.3 Å². The average Bonchev–Trinajstić information content (AvgIpc) is 2.87. The zero-order valence-electron chi connectivity index (χ0n) is 20.1. The van der Waals surface area contributed by atoms with Gasteiger partial charge in [-0.3, -0.25) is 4.90 Å². The number of nitrogens with one attached hydrogen (secondary N) is 1. The Kier molecular flexibility index (Phi) is 6.52. The van der Waals surface area contributed by atoms with Gasteiger partial charge in [0, 0.05) is 30.1 Å². The number of fused-ring (bicyclic) bond motifs is 3. The topological polar surface area (TPSA) is 24.5 Å². The molecular weight excluding hydrogens is 404 g/mol. The van der Waals surface area contributed by atoms with Gasteiger partial charge < -0.3 is 10.1 Å². The largest absolute Gasteiger partial charge is 0.496 e. The van der Waals surface area contributed by atoms with Crippen LogP contribution in [-0.2, 0) is 6.54 Å². The SMILES string of the molecule is COc1cc(C)c(C)cc1CNC1C2CCN(CC2)C1C(c1ccccc1)c1ccccc1. The Balaban J connectivity index is 1.49. The van der Waals surface area contributed by atoms with Crippen LogP contribution in [0.4, 0.5) is 0 Å².